The number of halogens is 3. The van der Waals surface area contributed by atoms with Crippen molar-refractivity contribution >= 4 is 5.91 Å². The second-order valence-corrected chi connectivity index (χ2v) is 8.77. The fourth-order valence-corrected chi connectivity index (χ4v) is 4.89. The van der Waals surface area contributed by atoms with E-state index in [1.807, 2.05) is 18.2 Å². The Labute approximate surface area is 182 Å². The van der Waals surface area contributed by atoms with Crippen LogP contribution in [0, 0.1) is 5.92 Å². The zero-order chi connectivity index (χ0) is 22.5. The largest absolute Gasteiger partial charge is 0.412 e. The van der Waals surface area contributed by atoms with Gasteiger partial charge >= 0.3 is 6.18 Å². The van der Waals surface area contributed by atoms with Crippen molar-refractivity contribution < 1.29 is 23.1 Å². The molecule has 1 heterocycles. The molecular formula is C24H33F3N2O2. The van der Waals surface area contributed by atoms with Crippen molar-refractivity contribution in [2.24, 2.45) is 5.92 Å². The van der Waals surface area contributed by atoms with Crippen LogP contribution in [0.15, 0.2) is 42.0 Å². The Kier molecular flexibility index (Phi) is 7.81. The number of allylic oxidation sites excluding steroid dienone is 1. The monoisotopic (exact) mass is 438 g/mol. The van der Waals surface area contributed by atoms with Crippen LogP contribution < -0.4 is 5.32 Å². The van der Waals surface area contributed by atoms with Gasteiger partial charge in [-0.25, -0.2) is 0 Å². The molecule has 1 amide bonds. The number of aliphatic hydroxyl groups is 1. The molecule has 1 aliphatic carbocycles. The van der Waals surface area contributed by atoms with Crippen LogP contribution in [0.3, 0.4) is 0 Å². The van der Waals surface area contributed by atoms with Crippen molar-refractivity contribution in [3.05, 3.63) is 47.5 Å². The molecule has 0 spiro atoms. The Bertz CT molecular complexity index is 754. The number of benzene rings is 1. The van der Waals surface area contributed by atoms with E-state index >= 15 is 0 Å². The van der Waals surface area contributed by atoms with Crippen molar-refractivity contribution in [1.82, 2.24) is 10.2 Å². The molecule has 1 atom stereocenters. The number of nitrogens with zero attached hydrogens (tertiary/aromatic N) is 1. The molecule has 2 fully saturated rings. The highest BCUT2D eigenvalue weighted by molar-refractivity contribution is 5.87. The lowest BCUT2D eigenvalue weighted by atomic mass is 9.78. The van der Waals surface area contributed by atoms with Crippen LogP contribution in [0.2, 0.25) is 0 Å². The smallest absolute Gasteiger partial charge is 0.375 e. The van der Waals surface area contributed by atoms with Gasteiger partial charge in [-0.2, -0.15) is 13.2 Å². The maximum absolute atomic E-state index is 13.9. The molecule has 2 aliphatic rings. The average molecular weight is 439 g/mol. The molecule has 0 aromatic heterocycles. The second-order valence-electron chi connectivity index (χ2n) is 8.77. The second kappa shape index (κ2) is 10.2. The number of nitrogens with one attached hydrogen (secondary N) is 1. The average Bonchev–Trinajstić information content (AvgIpc) is 3.31. The predicted octanol–water partition coefficient (Wildman–Crippen LogP) is 4.54. The molecule has 1 aromatic rings. The maximum Gasteiger partial charge on any atom is 0.412 e. The van der Waals surface area contributed by atoms with Crippen molar-refractivity contribution in [3.63, 3.8) is 0 Å². The van der Waals surface area contributed by atoms with E-state index in [1.54, 1.807) is 17.0 Å². The van der Waals surface area contributed by atoms with Crippen molar-refractivity contribution in [2.75, 3.05) is 19.6 Å². The number of amides is 1. The van der Waals surface area contributed by atoms with Gasteiger partial charge < -0.3 is 15.3 Å². The first-order valence-electron chi connectivity index (χ1n) is 11.3. The zero-order valence-electron chi connectivity index (χ0n) is 18.1. The Hall–Kier alpha value is -1.86. The van der Waals surface area contributed by atoms with E-state index in [2.05, 4.69) is 5.32 Å². The van der Waals surface area contributed by atoms with Gasteiger partial charge in [0, 0.05) is 24.1 Å². The fourth-order valence-electron chi connectivity index (χ4n) is 4.89. The summed E-state index contributed by atoms with van der Waals surface area (Å²) in [6, 6.07) is 8.94. The van der Waals surface area contributed by atoms with Crippen LogP contribution in [-0.2, 0) is 10.4 Å². The highest BCUT2D eigenvalue weighted by atomic mass is 19.4. The van der Waals surface area contributed by atoms with E-state index < -0.39 is 17.4 Å². The molecular weight excluding hydrogens is 405 g/mol. The topological polar surface area (TPSA) is 52.6 Å². The van der Waals surface area contributed by atoms with Crippen molar-refractivity contribution in [1.29, 1.82) is 0 Å². The summed E-state index contributed by atoms with van der Waals surface area (Å²) in [4.78, 5) is 15.6. The fraction of sp³-hybridized carbons (Fsp3) is 0.625. The van der Waals surface area contributed by atoms with Gasteiger partial charge in [-0.3, -0.25) is 4.79 Å². The SMILES string of the molecule is C/C(=C/CCN(C(=O)C(O)(c1ccccc1)C1CCCC1)C1CCNCC1)C(F)(F)F. The van der Waals surface area contributed by atoms with Gasteiger partial charge in [0.1, 0.15) is 0 Å². The van der Waals surface area contributed by atoms with Gasteiger partial charge in [-0.1, -0.05) is 49.2 Å². The van der Waals surface area contributed by atoms with Gasteiger partial charge in [0.15, 0.2) is 5.60 Å². The van der Waals surface area contributed by atoms with Crippen LogP contribution in [0.1, 0.15) is 57.4 Å². The molecule has 1 aromatic carbocycles. The number of hydrogen-bond acceptors (Lipinski definition) is 3. The standard InChI is InChI=1S/C24H33F3N2O2/c1-18(24(25,26)27)8-7-17-29(21-13-15-28-16-14-21)22(30)23(31,20-11-5-6-12-20)19-9-3-2-4-10-19/h2-4,8-10,20-21,28,31H,5-7,11-17H2,1H3/b18-8-. The third-order valence-corrected chi connectivity index (χ3v) is 6.76. The van der Waals surface area contributed by atoms with E-state index in [-0.39, 0.29) is 30.8 Å². The summed E-state index contributed by atoms with van der Waals surface area (Å²) < 4.78 is 38.7. The summed E-state index contributed by atoms with van der Waals surface area (Å²) in [5, 5.41) is 15.2. The summed E-state index contributed by atoms with van der Waals surface area (Å²) in [5.74, 6) is -0.547. The van der Waals surface area contributed by atoms with Gasteiger partial charge in [-0.15, -0.1) is 0 Å². The minimum absolute atomic E-state index is 0.0926. The summed E-state index contributed by atoms with van der Waals surface area (Å²) in [6.07, 6.45) is 1.82. The summed E-state index contributed by atoms with van der Waals surface area (Å²) >= 11 is 0. The van der Waals surface area contributed by atoms with E-state index in [1.165, 1.54) is 0 Å². The maximum atomic E-state index is 13.9. The van der Waals surface area contributed by atoms with Crippen LogP contribution in [0.5, 0.6) is 0 Å². The highest BCUT2D eigenvalue weighted by Crippen LogP contribution is 2.42. The Morgan fingerprint density at radius 2 is 1.74 bits per heavy atom. The number of alkyl halides is 3. The minimum atomic E-state index is -4.36. The molecule has 1 unspecified atom stereocenters. The summed E-state index contributed by atoms with van der Waals surface area (Å²) in [7, 11) is 0. The first kappa shape index (κ1) is 23.8. The Morgan fingerprint density at radius 3 is 2.32 bits per heavy atom. The number of carbonyl (C=O) groups excluding carboxylic acids is 1. The highest BCUT2D eigenvalue weighted by Gasteiger charge is 2.49. The molecule has 1 saturated heterocycles. The third kappa shape index (κ3) is 5.50. The van der Waals surface area contributed by atoms with E-state index in [9.17, 15) is 23.1 Å². The van der Waals surface area contributed by atoms with Crippen LogP contribution in [0.4, 0.5) is 13.2 Å². The van der Waals surface area contributed by atoms with Crippen LogP contribution >= 0.6 is 0 Å². The molecule has 2 N–H and O–H groups in total. The molecule has 4 nitrogen and oxygen atoms in total. The molecule has 0 bridgehead atoms. The first-order valence-corrected chi connectivity index (χ1v) is 11.3. The van der Waals surface area contributed by atoms with Gasteiger partial charge in [0.05, 0.1) is 0 Å². The predicted molar refractivity (Wildman–Crippen MR) is 114 cm³/mol. The first-order chi connectivity index (χ1) is 14.7. The van der Waals surface area contributed by atoms with E-state index in [0.29, 0.717) is 5.56 Å². The summed E-state index contributed by atoms with van der Waals surface area (Å²) in [6.45, 7) is 2.71. The zero-order valence-corrected chi connectivity index (χ0v) is 18.1. The lowest BCUT2D eigenvalue weighted by Crippen LogP contribution is -2.56. The molecule has 0 radical (unpaired) electrons. The lowest BCUT2D eigenvalue weighted by molar-refractivity contribution is -0.162. The third-order valence-electron chi connectivity index (χ3n) is 6.76. The Morgan fingerprint density at radius 1 is 1.13 bits per heavy atom. The minimum Gasteiger partial charge on any atom is -0.375 e. The molecule has 7 heteroatoms. The lowest BCUT2D eigenvalue weighted by Gasteiger charge is -2.42. The molecule has 1 aliphatic heterocycles. The van der Waals surface area contributed by atoms with Crippen molar-refractivity contribution in [2.45, 2.75) is 69.7 Å². The van der Waals surface area contributed by atoms with Gasteiger partial charge in [0.25, 0.3) is 5.91 Å². The Balaban J connectivity index is 1.90. The number of hydrogen-bond donors (Lipinski definition) is 2. The van der Waals surface area contributed by atoms with Gasteiger partial charge in [-0.05, 0) is 57.7 Å². The van der Waals surface area contributed by atoms with Gasteiger partial charge in [0.2, 0.25) is 0 Å². The molecule has 1 saturated carbocycles. The summed E-state index contributed by atoms with van der Waals surface area (Å²) in [5.41, 5.74) is -1.72. The number of rotatable bonds is 7. The number of piperidine rings is 1. The van der Waals surface area contributed by atoms with Crippen LogP contribution in [-0.4, -0.2) is 47.8 Å². The number of carbonyl (C=O) groups is 1. The van der Waals surface area contributed by atoms with Crippen LogP contribution in [0.25, 0.3) is 0 Å². The molecule has 3 rings (SSSR count). The van der Waals surface area contributed by atoms with Crippen molar-refractivity contribution in [3.8, 4) is 0 Å². The molecule has 31 heavy (non-hydrogen) atoms. The normalized spacial score (nSPS) is 21.1. The quantitative estimate of drug-likeness (QED) is 0.615. The van der Waals surface area contributed by atoms with E-state index in [0.717, 1.165) is 64.6 Å². The molecule has 172 valence electrons. The van der Waals surface area contributed by atoms with E-state index in [4.69, 9.17) is 0 Å².